The Hall–Kier alpha value is -2.74. The summed E-state index contributed by atoms with van der Waals surface area (Å²) in [6.07, 6.45) is -4.93. The van der Waals surface area contributed by atoms with Crippen LogP contribution in [-0.2, 0) is 14.2 Å². The third kappa shape index (κ3) is 3.91. The lowest BCUT2D eigenvalue weighted by molar-refractivity contribution is -0.135. The molecule has 1 aliphatic heterocycles. The smallest absolute Gasteiger partial charge is 0.338 e. The van der Waals surface area contributed by atoms with Crippen molar-refractivity contribution in [2.24, 2.45) is 0 Å². The van der Waals surface area contributed by atoms with E-state index < -0.39 is 43.1 Å². The number of benzene rings is 2. The van der Waals surface area contributed by atoms with Crippen LogP contribution in [0, 0.1) is 0 Å². The molecule has 0 amide bonds. The summed E-state index contributed by atoms with van der Waals surface area (Å²) >= 11 is 0. The number of ether oxygens (including phenoxy) is 3. The Morgan fingerprint density at radius 2 is 1.31 bits per heavy atom. The molecule has 2 aromatic carbocycles. The molecule has 7 nitrogen and oxygen atoms in total. The normalized spacial score (nSPS) is 24.8. The third-order valence-electron chi connectivity index (χ3n) is 3.97. The third-order valence-corrected chi connectivity index (χ3v) is 3.97. The predicted molar refractivity (Wildman–Crippen MR) is 89.3 cm³/mol. The van der Waals surface area contributed by atoms with Gasteiger partial charge in [0, 0.05) is 0 Å². The zero-order valence-corrected chi connectivity index (χ0v) is 13.7. The topological polar surface area (TPSA) is 102 Å². The van der Waals surface area contributed by atoms with E-state index in [0.717, 1.165) is 0 Å². The predicted octanol–water partition coefficient (Wildman–Crippen LogP) is 1.15. The minimum atomic E-state index is -1.52. The molecule has 1 saturated heterocycles. The van der Waals surface area contributed by atoms with Gasteiger partial charge in [0.15, 0.2) is 18.5 Å². The largest absolute Gasteiger partial charge is 0.452 e. The second-order valence-electron chi connectivity index (χ2n) is 5.72. The quantitative estimate of drug-likeness (QED) is 0.773. The minimum absolute atomic E-state index is 0.278. The average Bonchev–Trinajstić information content (AvgIpc) is 2.98. The lowest BCUT2D eigenvalue weighted by Crippen LogP contribution is -2.41. The highest BCUT2D eigenvalue weighted by Gasteiger charge is 2.49. The lowest BCUT2D eigenvalue weighted by atomic mass is 10.1. The molecule has 1 heterocycles. The number of aliphatic hydroxyl groups excluding tert-OH is 2. The van der Waals surface area contributed by atoms with Crippen molar-refractivity contribution in [2.75, 3.05) is 6.61 Å². The van der Waals surface area contributed by atoms with E-state index >= 15 is 0 Å². The van der Waals surface area contributed by atoms with Crippen LogP contribution in [-0.4, -0.2) is 53.4 Å². The van der Waals surface area contributed by atoms with Crippen molar-refractivity contribution in [3.63, 3.8) is 0 Å². The summed E-state index contributed by atoms with van der Waals surface area (Å²) in [5.41, 5.74) is 0.569. The second kappa shape index (κ2) is 8.09. The van der Waals surface area contributed by atoms with Crippen LogP contribution < -0.4 is 0 Å². The van der Waals surface area contributed by atoms with Gasteiger partial charge in [-0.1, -0.05) is 36.4 Å². The maximum Gasteiger partial charge on any atom is 0.338 e. The molecule has 0 spiro atoms. The first-order chi connectivity index (χ1) is 12.6. The Labute approximate surface area is 149 Å². The molecule has 1 unspecified atom stereocenters. The summed E-state index contributed by atoms with van der Waals surface area (Å²) in [4.78, 5) is 24.5. The van der Waals surface area contributed by atoms with Crippen LogP contribution in [0.3, 0.4) is 0 Å². The highest BCUT2D eigenvalue weighted by atomic mass is 16.7. The molecule has 0 bridgehead atoms. The number of hydrogen-bond donors (Lipinski definition) is 2. The summed E-state index contributed by atoms with van der Waals surface area (Å²) in [6.45, 7) is -0.511. The molecule has 0 saturated carbocycles. The molecule has 2 N–H and O–H groups in total. The molecule has 0 radical (unpaired) electrons. The molecule has 4 atom stereocenters. The van der Waals surface area contributed by atoms with E-state index in [1.54, 1.807) is 60.7 Å². The summed E-state index contributed by atoms with van der Waals surface area (Å²) < 4.78 is 15.8. The molecule has 2 aromatic rings. The zero-order chi connectivity index (χ0) is 18.5. The standard InChI is InChI=1S/C19H18O7/c20-11-14-15(25-17(21)12-7-3-1-4-8-12)16(19(23)24-14)26-18(22)13-9-5-2-6-10-13/h1-10,14-16,19-20,23H,11H2/t14-,15?,16-,19+/m0/s1. The van der Waals surface area contributed by atoms with Crippen LogP contribution in [0.5, 0.6) is 0 Å². The van der Waals surface area contributed by atoms with Crippen molar-refractivity contribution < 1.29 is 34.0 Å². The first-order valence-corrected chi connectivity index (χ1v) is 8.06. The van der Waals surface area contributed by atoms with Crippen LogP contribution in [0.15, 0.2) is 60.7 Å². The van der Waals surface area contributed by atoms with Gasteiger partial charge in [-0.05, 0) is 24.3 Å². The number of carbonyl (C=O) groups is 2. The van der Waals surface area contributed by atoms with E-state index in [2.05, 4.69) is 0 Å². The highest BCUT2D eigenvalue weighted by Crippen LogP contribution is 2.27. The first kappa shape index (κ1) is 18.1. The van der Waals surface area contributed by atoms with Gasteiger partial charge in [0.2, 0.25) is 0 Å². The summed E-state index contributed by atoms with van der Waals surface area (Å²) in [5, 5.41) is 19.5. The van der Waals surface area contributed by atoms with E-state index in [-0.39, 0.29) is 5.56 Å². The van der Waals surface area contributed by atoms with Crippen LogP contribution in [0.4, 0.5) is 0 Å². The van der Waals surface area contributed by atoms with E-state index in [9.17, 15) is 19.8 Å². The number of rotatable bonds is 5. The van der Waals surface area contributed by atoms with Gasteiger partial charge in [0.05, 0.1) is 17.7 Å². The van der Waals surface area contributed by atoms with Gasteiger partial charge in [-0.15, -0.1) is 0 Å². The second-order valence-corrected chi connectivity index (χ2v) is 5.72. The fourth-order valence-electron chi connectivity index (χ4n) is 2.65. The maximum absolute atomic E-state index is 12.3. The molecular weight excluding hydrogens is 340 g/mol. The Morgan fingerprint density at radius 3 is 1.77 bits per heavy atom. The van der Waals surface area contributed by atoms with Crippen LogP contribution in [0.2, 0.25) is 0 Å². The molecule has 3 rings (SSSR count). The molecule has 7 heteroatoms. The molecule has 1 fully saturated rings. The summed E-state index contributed by atoms with van der Waals surface area (Å²) in [7, 11) is 0. The van der Waals surface area contributed by atoms with Crippen molar-refractivity contribution >= 4 is 11.9 Å². The van der Waals surface area contributed by atoms with Gasteiger partial charge in [-0.25, -0.2) is 9.59 Å². The van der Waals surface area contributed by atoms with Crippen LogP contribution in [0.1, 0.15) is 20.7 Å². The van der Waals surface area contributed by atoms with Crippen molar-refractivity contribution in [2.45, 2.75) is 24.6 Å². The molecular formula is C19H18O7. The Bertz CT molecular complexity index is 747. The van der Waals surface area contributed by atoms with Gasteiger partial charge < -0.3 is 24.4 Å². The van der Waals surface area contributed by atoms with Crippen LogP contribution in [0.25, 0.3) is 0 Å². The van der Waals surface area contributed by atoms with Gasteiger partial charge in [-0.2, -0.15) is 0 Å². The maximum atomic E-state index is 12.3. The zero-order valence-electron chi connectivity index (χ0n) is 13.7. The van der Waals surface area contributed by atoms with Crippen molar-refractivity contribution in [3.05, 3.63) is 71.8 Å². The number of esters is 2. The fraction of sp³-hybridized carbons (Fsp3) is 0.263. The monoisotopic (exact) mass is 358 g/mol. The van der Waals surface area contributed by atoms with Gasteiger partial charge in [0.25, 0.3) is 0 Å². The summed E-state index contributed by atoms with van der Waals surface area (Å²) in [6, 6.07) is 16.4. The fourth-order valence-corrected chi connectivity index (χ4v) is 2.65. The Balaban J connectivity index is 1.76. The molecule has 26 heavy (non-hydrogen) atoms. The van der Waals surface area contributed by atoms with E-state index in [4.69, 9.17) is 14.2 Å². The SMILES string of the molecule is O=C(OC1[C@H](CO)O[C@@H](O)[C@H]1OC(=O)c1ccccc1)c1ccccc1. The number of aliphatic hydroxyl groups is 2. The number of hydrogen-bond acceptors (Lipinski definition) is 7. The molecule has 1 aliphatic rings. The number of carbonyl (C=O) groups excluding carboxylic acids is 2. The molecule has 0 aliphatic carbocycles. The highest BCUT2D eigenvalue weighted by molar-refractivity contribution is 5.90. The van der Waals surface area contributed by atoms with Crippen molar-refractivity contribution in [1.82, 2.24) is 0 Å². The average molecular weight is 358 g/mol. The van der Waals surface area contributed by atoms with Crippen molar-refractivity contribution in [3.8, 4) is 0 Å². The van der Waals surface area contributed by atoms with Crippen molar-refractivity contribution in [1.29, 1.82) is 0 Å². The van der Waals surface area contributed by atoms with E-state index in [0.29, 0.717) is 5.56 Å². The van der Waals surface area contributed by atoms with E-state index in [1.165, 1.54) is 0 Å². The molecule has 0 aromatic heterocycles. The first-order valence-electron chi connectivity index (χ1n) is 8.06. The summed E-state index contributed by atoms with van der Waals surface area (Å²) in [5.74, 6) is -1.37. The van der Waals surface area contributed by atoms with Gasteiger partial charge in [0.1, 0.15) is 6.10 Å². The van der Waals surface area contributed by atoms with Gasteiger partial charge in [-0.3, -0.25) is 0 Å². The minimum Gasteiger partial charge on any atom is -0.452 e. The molecule has 136 valence electrons. The van der Waals surface area contributed by atoms with Gasteiger partial charge >= 0.3 is 11.9 Å². The van der Waals surface area contributed by atoms with E-state index in [1.807, 2.05) is 0 Å². The lowest BCUT2D eigenvalue weighted by Gasteiger charge is -2.22. The Kier molecular flexibility index (Phi) is 5.62. The van der Waals surface area contributed by atoms with Crippen LogP contribution >= 0.6 is 0 Å². The Morgan fingerprint density at radius 1 is 0.846 bits per heavy atom.